The minimum Gasteiger partial charge on any atom is -0.469 e. The molecule has 0 aliphatic carbocycles. The molecule has 0 fully saturated rings. The number of hydrogen-bond donors (Lipinski definition) is 0. The van der Waals surface area contributed by atoms with E-state index in [1.165, 1.54) is 7.11 Å². The number of nitrogens with zero attached hydrogens (tertiary/aromatic N) is 3. The Morgan fingerprint density at radius 2 is 2.21 bits per heavy atom. The Morgan fingerprint density at radius 1 is 1.47 bits per heavy atom. The van der Waals surface area contributed by atoms with Gasteiger partial charge in [0.1, 0.15) is 0 Å². The molecular weight excluding hydrogens is 246 g/mol. The SMILES string of the molecule is CCN(CCC(=O)OC)Cc1nc(CC(C)C)no1. The molecule has 0 bridgehead atoms. The summed E-state index contributed by atoms with van der Waals surface area (Å²) in [7, 11) is 1.40. The summed E-state index contributed by atoms with van der Waals surface area (Å²) in [5.41, 5.74) is 0. The summed E-state index contributed by atoms with van der Waals surface area (Å²) in [5, 5.41) is 3.95. The van der Waals surface area contributed by atoms with E-state index in [2.05, 4.69) is 33.6 Å². The van der Waals surface area contributed by atoms with Gasteiger partial charge in [-0.2, -0.15) is 4.98 Å². The number of methoxy groups -OCH3 is 1. The molecule has 1 aromatic heterocycles. The molecule has 0 radical (unpaired) electrons. The average molecular weight is 269 g/mol. The maximum atomic E-state index is 11.1. The smallest absolute Gasteiger partial charge is 0.306 e. The van der Waals surface area contributed by atoms with Crippen molar-refractivity contribution in [1.29, 1.82) is 0 Å². The van der Waals surface area contributed by atoms with Crippen molar-refractivity contribution in [2.24, 2.45) is 5.92 Å². The van der Waals surface area contributed by atoms with Crippen molar-refractivity contribution in [3.8, 4) is 0 Å². The van der Waals surface area contributed by atoms with Crippen molar-refractivity contribution >= 4 is 5.97 Å². The van der Waals surface area contributed by atoms with E-state index >= 15 is 0 Å². The van der Waals surface area contributed by atoms with Gasteiger partial charge in [0, 0.05) is 13.0 Å². The highest BCUT2D eigenvalue weighted by Gasteiger charge is 2.13. The van der Waals surface area contributed by atoms with E-state index in [1.807, 2.05) is 6.92 Å². The lowest BCUT2D eigenvalue weighted by Crippen LogP contribution is -2.26. The quantitative estimate of drug-likeness (QED) is 0.668. The molecule has 1 aromatic rings. The molecule has 1 heterocycles. The van der Waals surface area contributed by atoms with E-state index in [1.54, 1.807) is 0 Å². The first kappa shape index (κ1) is 15.6. The van der Waals surface area contributed by atoms with Crippen LogP contribution in [0.3, 0.4) is 0 Å². The number of esters is 1. The first-order chi connectivity index (χ1) is 9.05. The third-order valence-corrected chi connectivity index (χ3v) is 2.77. The summed E-state index contributed by atoms with van der Waals surface area (Å²) in [4.78, 5) is 17.5. The van der Waals surface area contributed by atoms with Gasteiger partial charge in [0.25, 0.3) is 0 Å². The molecule has 1 rings (SSSR count). The maximum absolute atomic E-state index is 11.1. The number of hydrogen-bond acceptors (Lipinski definition) is 6. The predicted octanol–water partition coefficient (Wildman–Crippen LogP) is 1.65. The minimum atomic E-state index is -0.204. The van der Waals surface area contributed by atoms with Crippen LogP contribution in [0.25, 0.3) is 0 Å². The van der Waals surface area contributed by atoms with E-state index in [-0.39, 0.29) is 5.97 Å². The lowest BCUT2D eigenvalue weighted by molar-refractivity contribution is -0.141. The summed E-state index contributed by atoms with van der Waals surface area (Å²) < 4.78 is 9.84. The van der Waals surface area contributed by atoms with Crippen LogP contribution in [0.4, 0.5) is 0 Å². The van der Waals surface area contributed by atoms with Crippen molar-refractivity contribution in [2.75, 3.05) is 20.2 Å². The molecule has 0 N–H and O–H groups in total. The highest BCUT2D eigenvalue weighted by Crippen LogP contribution is 2.07. The number of ether oxygens (including phenoxy) is 1. The molecule has 0 aliphatic rings. The summed E-state index contributed by atoms with van der Waals surface area (Å²) in [6.45, 7) is 8.28. The first-order valence-electron chi connectivity index (χ1n) is 6.65. The van der Waals surface area contributed by atoms with Crippen LogP contribution in [-0.2, 0) is 22.5 Å². The second-order valence-corrected chi connectivity index (χ2v) is 4.90. The van der Waals surface area contributed by atoms with Gasteiger partial charge in [0.2, 0.25) is 5.89 Å². The van der Waals surface area contributed by atoms with Gasteiger partial charge in [0.05, 0.1) is 20.1 Å². The Bertz CT molecular complexity index is 390. The van der Waals surface area contributed by atoms with E-state index in [9.17, 15) is 4.79 Å². The number of carbonyl (C=O) groups is 1. The van der Waals surface area contributed by atoms with Crippen LogP contribution < -0.4 is 0 Å². The zero-order chi connectivity index (χ0) is 14.3. The zero-order valence-electron chi connectivity index (χ0n) is 12.2. The van der Waals surface area contributed by atoms with Crippen LogP contribution in [0.1, 0.15) is 38.9 Å². The second kappa shape index (κ2) is 7.89. The first-order valence-corrected chi connectivity index (χ1v) is 6.65. The second-order valence-electron chi connectivity index (χ2n) is 4.90. The minimum absolute atomic E-state index is 0.204. The van der Waals surface area contributed by atoms with Crippen molar-refractivity contribution in [3.63, 3.8) is 0 Å². The number of aromatic nitrogens is 2. The molecule has 0 saturated carbocycles. The van der Waals surface area contributed by atoms with Crippen LogP contribution in [0, 0.1) is 5.92 Å². The molecule has 0 unspecified atom stereocenters. The molecule has 0 aromatic carbocycles. The molecule has 0 atom stereocenters. The molecule has 0 saturated heterocycles. The Hall–Kier alpha value is -1.43. The highest BCUT2D eigenvalue weighted by atomic mass is 16.5. The van der Waals surface area contributed by atoms with Crippen LogP contribution in [-0.4, -0.2) is 41.2 Å². The van der Waals surface area contributed by atoms with Gasteiger partial charge in [0.15, 0.2) is 5.82 Å². The predicted molar refractivity (Wildman–Crippen MR) is 70.4 cm³/mol. The van der Waals surface area contributed by atoms with Crippen LogP contribution in [0.2, 0.25) is 0 Å². The molecule has 0 aliphatic heterocycles. The van der Waals surface area contributed by atoms with Crippen molar-refractivity contribution in [2.45, 2.75) is 40.2 Å². The van der Waals surface area contributed by atoms with Crippen LogP contribution in [0.5, 0.6) is 0 Å². The zero-order valence-corrected chi connectivity index (χ0v) is 12.2. The van der Waals surface area contributed by atoms with Crippen LogP contribution >= 0.6 is 0 Å². The average Bonchev–Trinajstić information content (AvgIpc) is 2.80. The summed E-state index contributed by atoms with van der Waals surface area (Å²) in [5.74, 6) is 1.65. The van der Waals surface area contributed by atoms with E-state index < -0.39 is 0 Å². The van der Waals surface area contributed by atoms with Gasteiger partial charge in [-0.15, -0.1) is 0 Å². The Kier molecular flexibility index (Phi) is 6.49. The lowest BCUT2D eigenvalue weighted by atomic mass is 10.1. The molecular formula is C13H23N3O3. The third-order valence-electron chi connectivity index (χ3n) is 2.77. The monoisotopic (exact) mass is 269 g/mol. The fourth-order valence-electron chi connectivity index (χ4n) is 1.69. The summed E-state index contributed by atoms with van der Waals surface area (Å²) in [6, 6.07) is 0. The van der Waals surface area contributed by atoms with Gasteiger partial charge in [-0.05, 0) is 12.5 Å². The molecule has 19 heavy (non-hydrogen) atoms. The number of rotatable bonds is 8. The van der Waals surface area contributed by atoms with Crippen molar-refractivity contribution in [1.82, 2.24) is 15.0 Å². The van der Waals surface area contributed by atoms with Gasteiger partial charge in [-0.3, -0.25) is 9.69 Å². The van der Waals surface area contributed by atoms with Crippen molar-refractivity contribution in [3.05, 3.63) is 11.7 Å². The lowest BCUT2D eigenvalue weighted by Gasteiger charge is -2.16. The molecule has 6 heteroatoms. The number of carbonyl (C=O) groups excluding carboxylic acids is 1. The van der Waals surface area contributed by atoms with Gasteiger partial charge >= 0.3 is 5.97 Å². The van der Waals surface area contributed by atoms with E-state index in [0.717, 1.165) is 18.8 Å². The topological polar surface area (TPSA) is 68.5 Å². The third kappa shape index (κ3) is 5.83. The maximum Gasteiger partial charge on any atom is 0.306 e. The van der Waals surface area contributed by atoms with Gasteiger partial charge in [-0.25, -0.2) is 0 Å². The van der Waals surface area contributed by atoms with Gasteiger partial charge in [-0.1, -0.05) is 25.9 Å². The Labute approximate surface area is 114 Å². The standard InChI is InChI=1S/C13H23N3O3/c1-5-16(7-6-13(17)18-4)9-12-14-11(15-19-12)8-10(2)3/h10H,5-9H2,1-4H3. The fourth-order valence-corrected chi connectivity index (χ4v) is 1.69. The van der Waals surface area contributed by atoms with Crippen molar-refractivity contribution < 1.29 is 14.1 Å². The Balaban J connectivity index is 2.46. The molecule has 0 spiro atoms. The Morgan fingerprint density at radius 3 is 2.79 bits per heavy atom. The fraction of sp³-hybridized carbons (Fsp3) is 0.769. The normalized spacial score (nSPS) is 11.3. The molecule has 108 valence electrons. The van der Waals surface area contributed by atoms with E-state index in [0.29, 0.717) is 31.3 Å². The molecule has 6 nitrogen and oxygen atoms in total. The highest BCUT2D eigenvalue weighted by molar-refractivity contribution is 5.69. The summed E-state index contributed by atoms with van der Waals surface area (Å²) >= 11 is 0. The summed E-state index contributed by atoms with van der Waals surface area (Å²) in [6.07, 6.45) is 1.19. The van der Waals surface area contributed by atoms with Crippen LogP contribution in [0.15, 0.2) is 4.52 Å². The molecule has 0 amide bonds. The van der Waals surface area contributed by atoms with E-state index in [4.69, 9.17) is 4.52 Å². The van der Waals surface area contributed by atoms with Gasteiger partial charge < -0.3 is 9.26 Å². The largest absolute Gasteiger partial charge is 0.469 e.